The fraction of sp³-hybridized carbons (Fsp3) is 0.462. The van der Waals surface area contributed by atoms with Crippen molar-refractivity contribution in [2.45, 2.75) is 32.2 Å². The number of rotatable bonds is 6. The van der Waals surface area contributed by atoms with E-state index < -0.39 is 24.6 Å². The van der Waals surface area contributed by atoms with E-state index in [1.807, 2.05) is 0 Å². The molecule has 0 aliphatic carbocycles. The molecule has 0 bridgehead atoms. The highest BCUT2D eigenvalue weighted by Crippen LogP contribution is 2.21. The summed E-state index contributed by atoms with van der Waals surface area (Å²) >= 11 is 0. The smallest absolute Gasteiger partial charge is 0.216 e. The lowest BCUT2D eigenvalue weighted by molar-refractivity contribution is -0.119. The van der Waals surface area contributed by atoms with Crippen LogP contribution in [0, 0.1) is 5.82 Å². The van der Waals surface area contributed by atoms with E-state index in [-0.39, 0.29) is 24.4 Å². The van der Waals surface area contributed by atoms with E-state index in [2.05, 4.69) is 5.32 Å². The summed E-state index contributed by atoms with van der Waals surface area (Å²) in [7, 11) is 0. The number of benzene rings is 1. The highest BCUT2D eigenvalue weighted by molar-refractivity contribution is 5.72. The number of halogens is 1. The molecule has 0 aliphatic rings. The van der Waals surface area contributed by atoms with Gasteiger partial charge in [0.1, 0.15) is 11.9 Å². The van der Waals surface area contributed by atoms with Gasteiger partial charge in [-0.3, -0.25) is 4.79 Å². The Balaban J connectivity index is 2.65. The van der Waals surface area contributed by atoms with E-state index in [1.54, 1.807) is 0 Å². The Kier molecular flexibility index (Phi) is 5.88. The summed E-state index contributed by atoms with van der Waals surface area (Å²) in [5.74, 6) is -0.780. The lowest BCUT2D eigenvalue weighted by atomic mass is 10.00. The van der Waals surface area contributed by atoms with E-state index in [1.165, 1.54) is 19.1 Å². The molecule has 0 aliphatic heterocycles. The summed E-state index contributed by atoms with van der Waals surface area (Å²) in [6.07, 6.45) is -2.10. The third kappa shape index (κ3) is 4.59. The second kappa shape index (κ2) is 7.18. The molecule has 0 aromatic heterocycles. The van der Waals surface area contributed by atoms with Gasteiger partial charge in [0.2, 0.25) is 5.91 Å². The van der Waals surface area contributed by atoms with Crippen LogP contribution in [-0.4, -0.2) is 33.9 Å². The van der Waals surface area contributed by atoms with Gasteiger partial charge in [-0.25, -0.2) is 4.39 Å². The minimum Gasteiger partial charge on any atom is -0.392 e. The van der Waals surface area contributed by atoms with E-state index in [4.69, 9.17) is 5.11 Å². The first kappa shape index (κ1) is 15.6. The van der Waals surface area contributed by atoms with Crippen molar-refractivity contribution in [3.8, 4) is 0 Å². The molecule has 6 heteroatoms. The highest BCUT2D eigenvalue weighted by Gasteiger charge is 2.19. The highest BCUT2D eigenvalue weighted by atomic mass is 19.1. The van der Waals surface area contributed by atoms with Crippen LogP contribution in [-0.2, 0) is 11.4 Å². The zero-order chi connectivity index (χ0) is 14.4. The topological polar surface area (TPSA) is 89.8 Å². The van der Waals surface area contributed by atoms with Crippen molar-refractivity contribution in [2.75, 3.05) is 6.54 Å². The van der Waals surface area contributed by atoms with Gasteiger partial charge in [0.15, 0.2) is 0 Å². The van der Waals surface area contributed by atoms with Gasteiger partial charge in [-0.2, -0.15) is 0 Å². The summed E-state index contributed by atoms with van der Waals surface area (Å²) in [5.41, 5.74) is 0.381. The number of hydrogen-bond donors (Lipinski definition) is 4. The summed E-state index contributed by atoms with van der Waals surface area (Å²) in [6.45, 7) is 1.12. The maximum absolute atomic E-state index is 13.2. The molecule has 1 aromatic rings. The number of hydrogen-bond acceptors (Lipinski definition) is 4. The number of aliphatic hydroxyl groups excluding tert-OH is 3. The van der Waals surface area contributed by atoms with Crippen molar-refractivity contribution in [1.82, 2.24) is 5.32 Å². The molecule has 106 valence electrons. The molecule has 0 saturated heterocycles. The molecule has 5 nitrogen and oxygen atoms in total. The Labute approximate surface area is 110 Å². The molecule has 1 amide bonds. The molecular weight excluding hydrogens is 253 g/mol. The first-order chi connectivity index (χ1) is 8.95. The normalized spacial score (nSPS) is 13.9. The van der Waals surface area contributed by atoms with E-state index in [9.17, 15) is 19.4 Å². The lowest BCUT2D eigenvalue weighted by Crippen LogP contribution is -2.27. The lowest BCUT2D eigenvalue weighted by Gasteiger charge is -2.19. The Hall–Kier alpha value is -1.50. The minimum atomic E-state index is -1.19. The molecule has 0 radical (unpaired) electrons. The largest absolute Gasteiger partial charge is 0.392 e. The summed E-state index contributed by atoms with van der Waals surface area (Å²) in [6, 6.07) is 3.78. The predicted octanol–water partition coefficient (Wildman–Crippen LogP) is 0.238. The van der Waals surface area contributed by atoms with Crippen molar-refractivity contribution >= 4 is 5.91 Å². The number of aliphatic hydroxyl groups is 3. The van der Waals surface area contributed by atoms with Crippen LogP contribution in [0.3, 0.4) is 0 Å². The van der Waals surface area contributed by atoms with Crippen molar-refractivity contribution in [1.29, 1.82) is 0 Å². The quantitative estimate of drug-likeness (QED) is 0.596. The molecule has 1 rings (SSSR count). The maximum atomic E-state index is 13.2. The van der Waals surface area contributed by atoms with Crippen LogP contribution in [0.25, 0.3) is 0 Å². The molecule has 0 heterocycles. The van der Waals surface area contributed by atoms with Gasteiger partial charge in [-0.05, 0) is 24.1 Å². The number of carbonyl (C=O) groups is 1. The Morgan fingerprint density at radius 1 is 1.42 bits per heavy atom. The second-order valence-electron chi connectivity index (χ2n) is 4.29. The fourth-order valence-corrected chi connectivity index (χ4v) is 1.68. The van der Waals surface area contributed by atoms with Crippen LogP contribution in [0.2, 0.25) is 0 Å². The van der Waals surface area contributed by atoms with E-state index in [0.29, 0.717) is 5.56 Å². The third-order valence-corrected chi connectivity index (χ3v) is 2.76. The monoisotopic (exact) mass is 271 g/mol. The SMILES string of the molecule is CC(=O)NCCC(O)C(O)c1ccc(F)c(CO)c1. The van der Waals surface area contributed by atoms with E-state index >= 15 is 0 Å². The standard InChI is InChI=1S/C13H18FNO4/c1-8(17)15-5-4-12(18)13(19)9-2-3-11(14)10(6-9)7-16/h2-3,6,12-13,16,18-19H,4-5,7H2,1H3,(H,15,17). The number of nitrogens with one attached hydrogen (secondary N) is 1. The maximum Gasteiger partial charge on any atom is 0.216 e. The van der Waals surface area contributed by atoms with Gasteiger partial charge in [-0.1, -0.05) is 6.07 Å². The van der Waals surface area contributed by atoms with Gasteiger partial charge < -0.3 is 20.6 Å². The van der Waals surface area contributed by atoms with Gasteiger partial charge in [-0.15, -0.1) is 0 Å². The average molecular weight is 271 g/mol. The van der Waals surface area contributed by atoms with Crippen molar-refractivity contribution in [3.63, 3.8) is 0 Å². The molecule has 0 saturated carbocycles. The average Bonchev–Trinajstić information content (AvgIpc) is 2.38. The van der Waals surface area contributed by atoms with Gasteiger partial charge >= 0.3 is 0 Å². The van der Waals surface area contributed by atoms with Crippen LogP contribution in [0.15, 0.2) is 18.2 Å². The minimum absolute atomic E-state index is 0.0608. The summed E-state index contributed by atoms with van der Waals surface area (Å²) in [5, 5.41) is 31.1. The van der Waals surface area contributed by atoms with Crippen LogP contribution < -0.4 is 5.32 Å². The van der Waals surface area contributed by atoms with Crippen LogP contribution in [0.4, 0.5) is 4.39 Å². The molecule has 1 aromatic carbocycles. The van der Waals surface area contributed by atoms with Gasteiger partial charge in [0.05, 0.1) is 12.7 Å². The molecular formula is C13H18FNO4. The fourth-order valence-electron chi connectivity index (χ4n) is 1.68. The van der Waals surface area contributed by atoms with E-state index in [0.717, 1.165) is 6.07 Å². The van der Waals surface area contributed by atoms with Crippen LogP contribution >= 0.6 is 0 Å². The number of amides is 1. The van der Waals surface area contributed by atoms with Crippen molar-refractivity contribution in [2.24, 2.45) is 0 Å². The molecule has 19 heavy (non-hydrogen) atoms. The first-order valence-electron chi connectivity index (χ1n) is 5.95. The first-order valence-corrected chi connectivity index (χ1v) is 5.95. The second-order valence-corrected chi connectivity index (χ2v) is 4.29. The Morgan fingerprint density at radius 2 is 2.11 bits per heavy atom. The van der Waals surface area contributed by atoms with Crippen LogP contribution in [0.5, 0.6) is 0 Å². The van der Waals surface area contributed by atoms with Crippen molar-refractivity contribution in [3.05, 3.63) is 35.1 Å². The molecule has 0 fully saturated rings. The zero-order valence-corrected chi connectivity index (χ0v) is 10.6. The zero-order valence-electron chi connectivity index (χ0n) is 10.6. The van der Waals surface area contributed by atoms with Gasteiger partial charge in [0, 0.05) is 19.0 Å². The van der Waals surface area contributed by atoms with Gasteiger partial charge in [0.25, 0.3) is 0 Å². The molecule has 0 spiro atoms. The summed E-state index contributed by atoms with van der Waals surface area (Å²) < 4.78 is 13.2. The predicted molar refractivity (Wildman–Crippen MR) is 66.6 cm³/mol. The molecule has 4 N–H and O–H groups in total. The van der Waals surface area contributed by atoms with Crippen molar-refractivity contribution < 1.29 is 24.5 Å². The van der Waals surface area contributed by atoms with Crippen LogP contribution in [0.1, 0.15) is 30.6 Å². The Bertz CT molecular complexity index is 439. The molecule has 2 unspecified atom stereocenters. The Morgan fingerprint density at radius 3 is 2.68 bits per heavy atom. The number of carbonyl (C=O) groups excluding carboxylic acids is 1. The summed E-state index contributed by atoms with van der Waals surface area (Å²) in [4.78, 5) is 10.7. The molecule has 2 atom stereocenters. The third-order valence-electron chi connectivity index (χ3n) is 2.76.